The first kappa shape index (κ1) is 12.0. The molecule has 0 aliphatic heterocycles. The molecule has 1 nitrogen and oxygen atoms in total. The van der Waals surface area contributed by atoms with E-state index in [0.29, 0.717) is 6.42 Å². The molecular formula is C11H11ClF2O. The van der Waals surface area contributed by atoms with Crippen LogP contribution in [0.4, 0.5) is 8.78 Å². The van der Waals surface area contributed by atoms with Crippen LogP contribution in [-0.4, -0.2) is 6.61 Å². The summed E-state index contributed by atoms with van der Waals surface area (Å²) in [6.45, 7) is 2.79. The lowest BCUT2D eigenvalue weighted by Gasteiger charge is -2.08. The molecule has 0 unspecified atom stereocenters. The first-order valence-corrected chi connectivity index (χ1v) is 4.74. The largest absolute Gasteiger partial charge is 0.433 e. The molecular weight excluding hydrogens is 222 g/mol. The summed E-state index contributed by atoms with van der Waals surface area (Å²) in [5.41, 5.74) is 1.91. The third-order valence-corrected chi connectivity index (χ3v) is 2.01. The first-order chi connectivity index (χ1) is 6.99. The molecule has 0 radical (unpaired) electrons. The predicted molar refractivity (Wildman–Crippen MR) is 56.6 cm³/mol. The van der Waals surface area contributed by atoms with E-state index in [9.17, 15) is 8.78 Å². The minimum absolute atomic E-state index is 0.00266. The molecule has 0 saturated carbocycles. The maximum atomic E-state index is 11.9. The molecule has 0 atom stereocenters. The maximum Gasteiger partial charge on any atom is 0.387 e. The van der Waals surface area contributed by atoms with Crippen molar-refractivity contribution in [3.8, 4) is 5.75 Å². The Hall–Kier alpha value is -1.09. The lowest BCUT2D eigenvalue weighted by Crippen LogP contribution is -2.02. The molecule has 0 saturated heterocycles. The number of halogens is 3. The van der Waals surface area contributed by atoms with Gasteiger partial charge in [0.05, 0.1) is 5.02 Å². The van der Waals surface area contributed by atoms with Gasteiger partial charge >= 0.3 is 6.61 Å². The van der Waals surface area contributed by atoms with Gasteiger partial charge in [0, 0.05) is 0 Å². The van der Waals surface area contributed by atoms with E-state index >= 15 is 0 Å². The minimum Gasteiger partial charge on any atom is -0.433 e. The number of rotatable bonds is 4. The molecule has 1 aromatic carbocycles. The zero-order valence-corrected chi connectivity index (χ0v) is 9.02. The zero-order valence-electron chi connectivity index (χ0n) is 8.27. The number of allylic oxidation sites excluding steroid dienone is 1. The van der Waals surface area contributed by atoms with Crippen molar-refractivity contribution >= 4 is 11.6 Å². The van der Waals surface area contributed by atoms with Gasteiger partial charge in [-0.1, -0.05) is 29.8 Å². The molecule has 0 aliphatic carbocycles. The minimum atomic E-state index is -2.85. The van der Waals surface area contributed by atoms with Gasteiger partial charge in [0.2, 0.25) is 0 Å². The molecule has 1 rings (SSSR count). The molecule has 15 heavy (non-hydrogen) atoms. The summed E-state index contributed by atoms with van der Waals surface area (Å²) in [6.07, 6.45) is 0.675. The number of alkyl halides is 2. The Morgan fingerprint density at radius 2 is 2.20 bits per heavy atom. The summed E-state index contributed by atoms with van der Waals surface area (Å²) in [6, 6.07) is 4.74. The van der Waals surface area contributed by atoms with Gasteiger partial charge in [-0.3, -0.25) is 0 Å². The van der Waals surface area contributed by atoms with Crippen molar-refractivity contribution in [2.45, 2.75) is 20.0 Å². The van der Waals surface area contributed by atoms with Crippen LogP contribution in [-0.2, 0) is 6.42 Å². The van der Waals surface area contributed by atoms with Gasteiger partial charge < -0.3 is 4.74 Å². The van der Waals surface area contributed by atoms with Gasteiger partial charge in [0.1, 0.15) is 5.75 Å². The fraction of sp³-hybridized carbons (Fsp3) is 0.273. The SMILES string of the molecule is C=C(C)Cc1ccc(OC(F)F)c(Cl)c1. The van der Waals surface area contributed by atoms with Crippen molar-refractivity contribution in [1.29, 1.82) is 0 Å². The molecule has 0 amide bonds. The summed E-state index contributed by atoms with van der Waals surface area (Å²) < 4.78 is 28.0. The standard InChI is InChI=1S/C11H11ClF2O/c1-7(2)5-8-3-4-10(9(12)6-8)15-11(13)14/h3-4,6,11H,1,5H2,2H3. The van der Waals surface area contributed by atoms with Gasteiger partial charge in [-0.25, -0.2) is 0 Å². The Morgan fingerprint density at radius 1 is 1.53 bits per heavy atom. The van der Waals surface area contributed by atoms with Crippen molar-refractivity contribution < 1.29 is 13.5 Å². The summed E-state index contributed by atoms with van der Waals surface area (Å²) in [7, 11) is 0. The van der Waals surface area contributed by atoms with Gasteiger partial charge in [-0.15, -0.1) is 0 Å². The Bertz CT molecular complexity index is 364. The first-order valence-electron chi connectivity index (χ1n) is 4.36. The van der Waals surface area contributed by atoms with Crippen molar-refractivity contribution in [2.75, 3.05) is 0 Å². The highest BCUT2D eigenvalue weighted by atomic mass is 35.5. The molecule has 0 fully saturated rings. The molecule has 0 N–H and O–H groups in total. The Kier molecular flexibility index (Phi) is 4.09. The monoisotopic (exact) mass is 232 g/mol. The van der Waals surface area contributed by atoms with E-state index in [2.05, 4.69) is 11.3 Å². The maximum absolute atomic E-state index is 11.9. The van der Waals surface area contributed by atoms with Crippen LogP contribution in [0, 0.1) is 0 Å². The summed E-state index contributed by atoms with van der Waals surface area (Å²) in [5.74, 6) is -0.00266. The smallest absolute Gasteiger partial charge is 0.387 e. The fourth-order valence-corrected chi connectivity index (χ4v) is 1.44. The van der Waals surface area contributed by atoms with E-state index in [4.69, 9.17) is 11.6 Å². The average molecular weight is 233 g/mol. The number of benzene rings is 1. The number of ether oxygens (including phenoxy) is 1. The van der Waals surface area contributed by atoms with Crippen LogP contribution >= 0.6 is 11.6 Å². The summed E-state index contributed by atoms with van der Waals surface area (Å²) in [5, 5.41) is 0.189. The van der Waals surface area contributed by atoms with E-state index in [-0.39, 0.29) is 10.8 Å². The second-order valence-electron chi connectivity index (χ2n) is 3.28. The Labute approximate surface area is 92.3 Å². The Balaban J connectivity index is 2.83. The van der Waals surface area contributed by atoms with E-state index in [1.165, 1.54) is 6.07 Å². The van der Waals surface area contributed by atoms with Gasteiger partial charge in [0.15, 0.2) is 0 Å². The number of hydrogen-bond acceptors (Lipinski definition) is 1. The molecule has 82 valence electrons. The molecule has 4 heteroatoms. The molecule has 0 aliphatic rings. The summed E-state index contributed by atoms with van der Waals surface area (Å²) >= 11 is 5.77. The highest BCUT2D eigenvalue weighted by Crippen LogP contribution is 2.27. The lowest BCUT2D eigenvalue weighted by atomic mass is 10.1. The molecule has 0 aromatic heterocycles. The normalized spacial score (nSPS) is 10.5. The highest BCUT2D eigenvalue weighted by Gasteiger charge is 2.08. The van der Waals surface area contributed by atoms with Gasteiger partial charge in [-0.2, -0.15) is 8.78 Å². The van der Waals surface area contributed by atoms with Gasteiger partial charge in [-0.05, 0) is 31.0 Å². The van der Waals surface area contributed by atoms with E-state index in [1.54, 1.807) is 12.1 Å². The van der Waals surface area contributed by atoms with Crippen LogP contribution in [0.5, 0.6) is 5.75 Å². The zero-order chi connectivity index (χ0) is 11.4. The molecule has 0 heterocycles. The second kappa shape index (κ2) is 5.12. The predicted octanol–water partition coefficient (Wildman–Crippen LogP) is 4.06. The van der Waals surface area contributed by atoms with E-state index in [0.717, 1.165) is 11.1 Å². The topological polar surface area (TPSA) is 9.23 Å². The van der Waals surface area contributed by atoms with Crippen molar-refractivity contribution in [3.63, 3.8) is 0 Å². The highest BCUT2D eigenvalue weighted by molar-refractivity contribution is 6.32. The quantitative estimate of drug-likeness (QED) is 0.712. The van der Waals surface area contributed by atoms with Crippen LogP contribution in [0.15, 0.2) is 30.4 Å². The summed E-state index contributed by atoms with van der Waals surface area (Å²) in [4.78, 5) is 0. The van der Waals surface area contributed by atoms with Crippen LogP contribution < -0.4 is 4.74 Å². The van der Waals surface area contributed by atoms with Crippen molar-refractivity contribution in [3.05, 3.63) is 40.9 Å². The van der Waals surface area contributed by atoms with Crippen LogP contribution in [0.1, 0.15) is 12.5 Å². The van der Waals surface area contributed by atoms with Crippen LogP contribution in [0.2, 0.25) is 5.02 Å². The van der Waals surface area contributed by atoms with Crippen molar-refractivity contribution in [2.24, 2.45) is 0 Å². The molecule has 1 aromatic rings. The second-order valence-corrected chi connectivity index (χ2v) is 3.68. The van der Waals surface area contributed by atoms with Crippen LogP contribution in [0.3, 0.4) is 0 Å². The van der Waals surface area contributed by atoms with Crippen LogP contribution in [0.25, 0.3) is 0 Å². The van der Waals surface area contributed by atoms with Crippen molar-refractivity contribution in [1.82, 2.24) is 0 Å². The molecule has 0 bridgehead atoms. The van der Waals surface area contributed by atoms with Gasteiger partial charge in [0.25, 0.3) is 0 Å². The van der Waals surface area contributed by atoms with E-state index < -0.39 is 6.61 Å². The lowest BCUT2D eigenvalue weighted by molar-refractivity contribution is -0.0497. The third-order valence-electron chi connectivity index (χ3n) is 1.72. The van der Waals surface area contributed by atoms with E-state index in [1.807, 2.05) is 6.92 Å². The average Bonchev–Trinajstić information content (AvgIpc) is 2.08. The number of hydrogen-bond donors (Lipinski definition) is 0. The third kappa shape index (κ3) is 3.88. The fourth-order valence-electron chi connectivity index (χ4n) is 1.19. The Morgan fingerprint density at radius 3 is 2.67 bits per heavy atom. The molecule has 0 spiro atoms.